The summed E-state index contributed by atoms with van der Waals surface area (Å²) in [6.45, 7) is 6.59. The number of esters is 2. The van der Waals surface area contributed by atoms with Gasteiger partial charge in [-0.15, -0.1) is 0 Å². The SMILES string of the molecule is C=CCOC(=O)C1=C(C)N=c2sc(=Cc3cn(-c4ccccc4)nc3-c3ccc(OC)c(Br)c3)c(=O)n2C1c1ccc(OC(C)=O)c(OC)c1. The van der Waals surface area contributed by atoms with Crippen LogP contribution in [0.2, 0.25) is 0 Å². The minimum atomic E-state index is -0.935. The van der Waals surface area contributed by atoms with Gasteiger partial charge in [-0.3, -0.25) is 14.2 Å². The second-order valence-electron chi connectivity index (χ2n) is 11.0. The van der Waals surface area contributed by atoms with Gasteiger partial charge in [0.05, 0.1) is 46.2 Å². The van der Waals surface area contributed by atoms with Crippen molar-refractivity contribution in [2.75, 3.05) is 20.8 Å². The Kier molecular flexibility index (Phi) is 9.98. The number of methoxy groups -OCH3 is 2. The maximum atomic E-state index is 14.5. The number of nitrogens with zero attached hydrogens (tertiary/aromatic N) is 4. The highest BCUT2D eigenvalue weighted by molar-refractivity contribution is 9.10. The molecule has 6 rings (SSSR count). The van der Waals surface area contributed by atoms with Crippen LogP contribution in [0.4, 0.5) is 0 Å². The van der Waals surface area contributed by atoms with E-state index in [0.29, 0.717) is 37.6 Å². The van der Waals surface area contributed by atoms with E-state index in [2.05, 4.69) is 22.5 Å². The lowest BCUT2D eigenvalue weighted by Crippen LogP contribution is -2.40. The first-order chi connectivity index (χ1) is 24.1. The fourth-order valence-electron chi connectivity index (χ4n) is 5.59. The first-order valence-electron chi connectivity index (χ1n) is 15.3. The van der Waals surface area contributed by atoms with Crippen LogP contribution in [0.5, 0.6) is 17.2 Å². The van der Waals surface area contributed by atoms with Crippen LogP contribution in [0.25, 0.3) is 23.0 Å². The van der Waals surface area contributed by atoms with Gasteiger partial charge < -0.3 is 18.9 Å². The average molecular weight is 756 g/mol. The van der Waals surface area contributed by atoms with Gasteiger partial charge in [0.2, 0.25) is 0 Å². The minimum Gasteiger partial charge on any atom is -0.496 e. The van der Waals surface area contributed by atoms with Crippen LogP contribution < -0.4 is 29.1 Å². The minimum absolute atomic E-state index is 0.0306. The van der Waals surface area contributed by atoms with Crippen LogP contribution in [-0.4, -0.2) is 47.1 Å². The number of allylic oxidation sites excluding steroid dienone is 1. The molecule has 11 nitrogen and oxygen atoms in total. The van der Waals surface area contributed by atoms with E-state index in [0.717, 1.165) is 15.7 Å². The molecule has 0 bridgehead atoms. The molecular weight excluding hydrogens is 724 g/mol. The molecule has 1 atom stereocenters. The molecule has 1 unspecified atom stereocenters. The van der Waals surface area contributed by atoms with Crippen LogP contribution >= 0.6 is 27.3 Å². The summed E-state index contributed by atoms with van der Waals surface area (Å²) in [5, 5.41) is 4.91. The van der Waals surface area contributed by atoms with Crippen molar-refractivity contribution in [2.45, 2.75) is 19.9 Å². The number of hydrogen-bond acceptors (Lipinski definition) is 10. The fraction of sp³-hybridized carbons (Fsp3) is 0.162. The molecule has 0 saturated carbocycles. The molecule has 13 heteroatoms. The lowest BCUT2D eigenvalue weighted by molar-refractivity contribution is -0.138. The predicted octanol–water partition coefficient (Wildman–Crippen LogP) is 5.52. The Morgan fingerprint density at radius 2 is 1.76 bits per heavy atom. The number of aromatic nitrogens is 3. The first kappa shape index (κ1) is 34.3. The Hall–Kier alpha value is -5.53. The maximum Gasteiger partial charge on any atom is 0.338 e. The second kappa shape index (κ2) is 14.5. The summed E-state index contributed by atoms with van der Waals surface area (Å²) in [5.74, 6) is -0.0607. The van der Waals surface area contributed by atoms with E-state index in [1.165, 1.54) is 36.0 Å². The summed E-state index contributed by atoms with van der Waals surface area (Å²) >= 11 is 4.77. The first-order valence-corrected chi connectivity index (χ1v) is 16.9. The summed E-state index contributed by atoms with van der Waals surface area (Å²) in [4.78, 5) is 44.8. The summed E-state index contributed by atoms with van der Waals surface area (Å²) < 4.78 is 26.1. The molecule has 1 aliphatic heterocycles. The molecule has 3 heterocycles. The number of carbonyl (C=O) groups is 2. The number of carbonyl (C=O) groups excluding carboxylic acids is 2. The van der Waals surface area contributed by atoms with E-state index >= 15 is 0 Å². The summed E-state index contributed by atoms with van der Waals surface area (Å²) in [5.41, 5.74) is 3.66. The molecule has 5 aromatic rings. The zero-order valence-corrected chi connectivity index (χ0v) is 29.9. The van der Waals surface area contributed by atoms with Crippen molar-refractivity contribution in [2.24, 2.45) is 4.99 Å². The number of para-hydroxylation sites is 1. The van der Waals surface area contributed by atoms with Crippen LogP contribution in [0, 0.1) is 0 Å². The van der Waals surface area contributed by atoms with Crippen molar-refractivity contribution >= 4 is 45.3 Å². The van der Waals surface area contributed by atoms with E-state index in [-0.39, 0.29) is 29.2 Å². The van der Waals surface area contributed by atoms with Crippen LogP contribution in [0.15, 0.2) is 111 Å². The third-order valence-electron chi connectivity index (χ3n) is 7.81. The molecule has 0 N–H and O–H groups in total. The van der Waals surface area contributed by atoms with Gasteiger partial charge in [0, 0.05) is 24.2 Å². The number of halogens is 1. The maximum absolute atomic E-state index is 14.5. The van der Waals surface area contributed by atoms with Gasteiger partial charge in [-0.25, -0.2) is 14.5 Å². The standard InChI is InChI=1S/C37H31BrN4O7S/c1-6-16-48-36(45)32-21(2)39-37-42(34(32)24-13-15-29(49-22(3)43)30(18-24)47-5)35(44)31(50-37)19-25-20-41(26-10-8-7-9-11-26)40-33(25)23-12-14-28(46-4)27(38)17-23/h6-15,17-20,34H,1,16H2,2-5H3. The number of ether oxygens (including phenoxy) is 4. The van der Waals surface area contributed by atoms with Gasteiger partial charge in [0.1, 0.15) is 18.1 Å². The van der Waals surface area contributed by atoms with E-state index in [4.69, 9.17) is 29.0 Å². The predicted molar refractivity (Wildman–Crippen MR) is 192 cm³/mol. The number of hydrogen-bond donors (Lipinski definition) is 0. The number of benzene rings is 3. The Labute approximate surface area is 299 Å². The molecule has 0 aliphatic carbocycles. The van der Waals surface area contributed by atoms with E-state index in [9.17, 15) is 14.4 Å². The van der Waals surface area contributed by atoms with Gasteiger partial charge in [-0.05, 0) is 77.0 Å². The molecule has 0 spiro atoms. The van der Waals surface area contributed by atoms with Gasteiger partial charge in [-0.1, -0.05) is 48.3 Å². The fourth-order valence-corrected chi connectivity index (χ4v) is 7.17. The van der Waals surface area contributed by atoms with E-state index in [1.807, 2.05) is 54.7 Å². The molecule has 3 aromatic carbocycles. The number of thiazole rings is 1. The summed E-state index contributed by atoms with van der Waals surface area (Å²) in [7, 11) is 3.03. The normalized spacial score (nSPS) is 14.1. The molecule has 0 amide bonds. The lowest BCUT2D eigenvalue weighted by Gasteiger charge is -2.25. The Morgan fingerprint density at radius 3 is 2.44 bits per heavy atom. The lowest BCUT2D eigenvalue weighted by atomic mass is 9.95. The quantitative estimate of drug-likeness (QED) is 0.104. The zero-order valence-electron chi connectivity index (χ0n) is 27.5. The van der Waals surface area contributed by atoms with E-state index < -0.39 is 18.0 Å². The van der Waals surface area contributed by atoms with Crippen molar-refractivity contribution in [1.29, 1.82) is 0 Å². The third kappa shape index (κ3) is 6.69. The van der Waals surface area contributed by atoms with Crippen molar-refractivity contribution in [3.05, 3.63) is 132 Å². The van der Waals surface area contributed by atoms with Crippen molar-refractivity contribution in [3.8, 4) is 34.2 Å². The van der Waals surface area contributed by atoms with Crippen molar-refractivity contribution in [1.82, 2.24) is 14.3 Å². The smallest absolute Gasteiger partial charge is 0.338 e. The highest BCUT2D eigenvalue weighted by Crippen LogP contribution is 2.37. The zero-order chi connectivity index (χ0) is 35.5. The third-order valence-corrected chi connectivity index (χ3v) is 9.41. The number of rotatable bonds is 10. The van der Waals surface area contributed by atoms with Gasteiger partial charge in [0.25, 0.3) is 5.56 Å². The topological polar surface area (TPSA) is 123 Å². The van der Waals surface area contributed by atoms with Crippen LogP contribution in [0.1, 0.15) is 31.0 Å². The molecule has 2 aromatic heterocycles. The highest BCUT2D eigenvalue weighted by Gasteiger charge is 2.34. The Bertz CT molecular complexity index is 2360. The summed E-state index contributed by atoms with van der Waals surface area (Å²) in [6, 6.07) is 19.2. The van der Waals surface area contributed by atoms with Gasteiger partial charge in [-0.2, -0.15) is 5.10 Å². The second-order valence-corrected chi connectivity index (χ2v) is 12.9. The number of fused-ring (bicyclic) bond motifs is 1. The molecular formula is C37H31BrN4O7S. The molecule has 0 saturated heterocycles. The van der Waals surface area contributed by atoms with Crippen LogP contribution in [0.3, 0.4) is 0 Å². The molecule has 254 valence electrons. The monoisotopic (exact) mass is 754 g/mol. The highest BCUT2D eigenvalue weighted by atomic mass is 79.9. The summed E-state index contributed by atoms with van der Waals surface area (Å²) in [6.07, 6.45) is 5.10. The average Bonchev–Trinajstić information content (AvgIpc) is 3.67. The van der Waals surface area contributed by atoms with Gasteiger partial charge >= 0.3 is 11.9 Å². The van der Waals surface area contributed by atoms with Crippen molar-refractivity contribution in [3.63, 3.8) is 0 Å². The van der Waals surface area contributed by atoms with Crippen LogP contribution in [-0.2, 0) is 14.3 Å². The molecule has 0 radical (unpaired) electrons. The molecule has 0 fully saturated rings. The Balaban J connectivity index is 1.56. The van der Waals surface area contributed by atoms with E-state index in [1.54, 1.807) is 43.0 Å². The Morgan fingerprint density at radius 1 is 1.02 bits per heavy atom. The van der Waals surface area contributed by atoms with Crippen molar-refractivity contribution < 1.29 is 28.5 Å². The molecule has 50 heavy (non-hydrogen) atoms. The molecule has 1 aliphatic rings. The van der Waals surface area contributed by atoms with Gasteiger partial charge in [0.15, 0.2) is 16.3 Å². The largest absolute Gasteiger partial charge is 0.496 e.